The Morgan fingerprint density at radius 3 is 2.77 bits per heavy atom. The maximum absolute atomic E-state index is 13.8. The number of hydrogen-bond donors (Lipinski definition) is 0. The van der Waals surface area contributed by atoms with Gasteiger partial charge in [0.05, 0.1) is 52.4 Å². The quantitative estimate of drug-likeness (QED) is 0.400. The summed E-state index contributed by atoms with van der Waals surface area (Å²) in [6.07, 6.45) is -4.64. The van der Waals surface area contributed by atoms with Gasteiger partial charge in [0.2, 0.25) is 5.91 Å². The predicted octanol–water partition coefficient (Wildman–Crippen LogP) is 3.90. The van der Waals surface area contributed by atoms with Crippen LogP contribution in [0.5, 0.6) is 0 Å². The second-order valence-corrected chi connectivity index (χ2v) is 8.90. The van der Waals surface area contributed by atoms with Crippen LogP contribution in [0.15, 0.2) is 23.3 Å². The molecule has 1 aromatic rings. The van der Waals surface area contributed by atoms with Gasteiger partial charge in [0.25, 0.3) is 0 Å². The van der Waals surface area contributed by atoms with Gasteiger partial charge in [0, 0.05) is 17.0 Å². The SMILES string of the molecule is C[C@@]12C(=O)N(c3ccc(C#N)c(C(F)(F)F)c3)[C@H]3OCC[C@]4(CC(N=[N+]=[N-])[C@@]1(C)O4)[C@H]32. The normalized spacial score (nSPS) is 40.5. The largest absolute Gasteiger partial charge is 0.417 e. The molecule has 31 heavy (non-hydrogen) atoms. The first-order chi connectivity index (χ1) is 14.5. The number of amides is 1. The van der Waals surface area contributed by atoms with E-state index in [-0.39, 0.29) is 12.3 Å². The number of halogens is 3. The number of rotatable bonds is 2. The first-order valence-corrected chi connectivity index (χ1v) is 9.84. The van der Waals surface area contributed by atoms with Crippen molar-refractivity contribution in [1.29, 1.82) is 5.26 Å². The average molecular weight is 433 g/mol. The molecule has 0 N–H and O–H groups in total. The van der Waals surface area contributed by atoms with Crippen LogP contribution in [0.2, 0.25) is 0 Å². The van der Waals surface area contributed by atoms with Crippen molar-refractivity contribution in [2.24, 2.45) is 16.4 Å². The molecule has 1 amide bonds. The molecule has 4 fully saturated rings. The van der Waals surface area contributed by atoms with E-state index in [2.05, 4.69) is 10.0 Å². The van der Waals surface area contributed by atoms with E-state index in [9.17, 15) is 18.0 Å². The van der Waals surface area contributed by atoms with Crippen LogP contribution in [0.1, 0.15) is 37.8 Å². The van der Waals surface area contributed by atoms with Crippen LogP contribution in [0.25, 0.3) is 10.4 Å². The maximum atomic E-state index is 13.8. The molecule has 0 aliphatic carbocycles. The number of ether oxygens (including phenoxy) is 2. The van der Waals surface area contributed by atoms with Crippen molar-refractivity contribution < 1.29 is 27.4 Å². The molecule has 0 radical (unpaired) electrons. The molecule has 1 unspecified atom stereocenters. The topological polar surface area (TPSA) is 111 Å². The monoisotopic (exact) mass is 433 g/mol. The lowest BCUT2D eigenvalue weighted by Gasteiger charge is -2.45. The zero-order valence-corrected chi connectivity index (χ0v) is 16.7. The molecule has 162 valence electrons. The summed E-state index contributed by atoms with van der Waals surface area (Å²) in [5.41, 5.74) is 4.39. The van der Waals surface area contributed by atoms with Crippen LogP contribution in [-0.4, -0.2) is 36.0 Å². The van der Waals surface area contributed by atoms with Gasteiger partial charge in [-0.1, -0.05) is 5.11 Å². The summed E-state index contributed by atoms with van der Waals surface area (Å²) in [7, 11) is 0. The number of azide groups is 1. The Labute approximate surface area is 175 Å². The fraction of sp³-hybridized carbons (Fsp3) is 0.600. The van der Waals surface area contributed by atoms with Crippen LogP contribution in [0.4, 0.5) is 18.9 Å². The number of nitriles is 1. The highest BCUT2D eigenvalue weighted by Gasteiger charge is 2.83. The van der Waals surface area contributed by atoms with Gasteiger partial charge in [-0.3, -0.25) is 9.69 Å². The van der Waals surface area contributed by atoms with Crippen LogP contribution >= 0.6 is 0 Å². The molecule has 2 bridgehead atoms. The summed E-state index contributed by atoms with van der Waals surface area (Å²) in [6.45, 7) is 3.71. The number of carbonyl (C=O) groups excluding carboxylic acids is 1. The molecule has 11 heteroatoms. The van der Waals surface area contributed by atoms with Crippen molar-refractivity contribution in [3.63, 3.8) is 0 Å². The Balaban J connectivity index is 1.67. The van der Waals surface area contributed by atoms with Crippen molar-refractivity contribution in [1.82, 2.24) is 0 Å². The fourth-order valence-electron chi connectivity index (χ4n) is 6.26. The van der Waals surface area contributed by atoms with Gasteiger partial charge >= 0.3 is 6.18 Å². The molecule has 1 spiro atoms. The van der Waals surface area contributed by atoms with E-state index in [1.165, 1.54) is 11.0 Å². The third kappa shape index (κ3) is 2.22. The second kappa shape index (κ2) is 5.91. The predicted molar refractivity (Wildman–Crippen MR) is 99.4 cm³/mol. The van der Waals surface area contributed by atoms with Gasteiger partial charge in [-0.05, 0) is 44.0 Å². The van der Waals surface area contributed by atoms with E-state index < -0.39 is 58.0 Å². The van der Waals surface area contributed by atoms with E-state index in [0.717, 1.165) is 12.1 Å². The van der Waals surface area contributed by atoms with Crippen LogP contribution < -0.4 is 4.90 Å². The fourth-order valence-corrected chi connectivity index (χ4v) is 6.26. The first kappa shape index (κ1) is 20.1. The molecular formula is C20H18F3N5O3. The minimum absolute atomic E-state index is 0.0114. The Bertz CT molecular complexity index is 1100. The number of carbonyl (C=O) groups is 1. The molecule has 1 aromatic carbocycles. The second-order valence-electron chi connectivity index (χ2n) is 8.90. The molecule has 5 rings (SSSR count). The summed E-state index contributed by atoms with van der Waals surface area (Å²) in [4.78, 5) is 18.0. The van der Waals surface area contributed by atoms with Crippen LogP contribution in [-0.2, 0) is 20.4 Å². The van der Waals surface area contributed by atoms with Gasteiger partial charge < -0.3 is 9.47 Å². The molecule has 4 aliphatic rings. The minimum atomic E-state index is -4.75. The highest BCUT2D eigenvalue weighted by molar-refractivity contribution is 6.02. The number of anilines is 1. The van der Waals surface area contributed by atoms with Gasteiger partial charge in [0.1, 0.15) is 6.23 Å². The van der Waals surface area contributed by atoms with E-state index >= 15 is 0 Å². The van der Waals surface area contributed by atoms with Crippen molar-refractivity contribution in [2.45, 2.75) is 56.3 Å². The van der Waals surface area contributed by atoms with E-state index in [4.69, 9.17) is 20.3 Å². The number of nitrogens with zero attached hydrogens (tertiary/aromatic N) is 5. The summed E-state index contributed by atoms with van der Waals surface area (Å²) in [6, 6.07) is 4.19. The standard InChI is InChI=1S/C20H18F3N5O3/c1-17-14-15(30-6-5-19(14)8-13(26-27-25)18(17,2)31-19)28(16(17)29)11-4-3-10(9-24)12(7-11)20(21,22)23/h3-4,7,13-15H,5-6,8H2,1-2H3/t13?,14-,15+,17-,18-,19+/m1/s1. The Kier molecular flexibility index (Phi) is 3.84. The van der Waals surface area contributed by atoms with Crippen LogP contribution in [0, 0.1) is 22.7 Å². The van der Waals surface area contributed by atoms with Crippen molar-refractivity contribution >= 4 is 11.6 Å². The van der Waals surface area contributed by atoms with E-state index in [1.54, 1.807) is 19.9 Å². The van der Waals surface area contributed by atoms with E-state index in [1.807, 2.05) is 0 Å². The van der Waals surface area contributed by atoms with Crippen molar-refractivity contribution in [2.75, 3.05) is 11.5 Å². The van der Waals surface area contributed by atoms with Gasteiger partial charge in [-0.15, -0.1) is 0 Å². The Hall–Kier alpha value is -2.80. The van der Waals surface area contributed by atoms with Gasteiger partial charge in [0.15, 0.2) is 0 Å². The zero-order valence-electron chi connectivity index (χ0n) is 16.7. The van der Waals surface area contributed by atoms with E-state index in [0.29, 0.717) is 12.8 Å². The third-order valence-corrected chi connectivity index (χ3v) is 7.72. The van der Waals surface area contributed by atoms with Crippen molar-refractivity contribution in [3.8, 4) is 6.07 Å². The van der Waals surface area contributed by atoms with Crippen molar-refractivity contribution in [3.05, 3.63) is 39.8 Å². The summed E-state index contributed by atoms with van der Waals surface area (Å²) < 4.78 is 52.9. The van der Waals surface area contributed by atoms with Crippen LogP contribution in [0.3, 0.4) is 0 Å². The lowest BCUT2D eigenvalue weighted by molar-refractivity contribution is -0.142. The number of fused-ring (bicyclic) bond motifs is 2. The van der Waals surface area contributed by atoms with Gasteiger partial charge in [-0.2, -0.15) is 18.4 Å². The highest BCUT2D eigenvalue weighted by Crippen LogP contribution is 2.71. The first-order valence-electron chi connectivity index (χ1n) is 9.84. The average Bonchev–Trinajstić information content (AvgIpc) is 3.21. The van der Waals surface area contributed by atoms with Gasteiger partial charge in [-0.25, -0.2) is 0 Å². The Morgan fingerprint density at radius 2 is 2.13 bits per heavy atom. The molecule has 4 saturated heterocycles. The Morgan fingerprint density at radius 1 is 1.39 bits per heavy atom. The molecule has 6 atom stereocenters. The summed E-state index contributed by atoms with van der Waals surface area (Å²) >= 11 is 0. The summed E-state index contributed by atoms with van der Waals surface area (Å²) in [5.74, 6) is -0.870. The lowest BCUT2D eigenvalue weighted by atomic mass is 9.56. The molecular weight excluding hydrogens is 415 g/mol. The molecule has 0 saturated carbocycles. The lowest BCUT2D eigenvalue weighted by Crippen LogP contribution is -2.58. The molecule has 8 nitrogen and oxygen atoms in total. The smallest absolute Gasteiger partial charge is 0.367 e. The zero-order chi connectivity index (χ0) is 22.4. The third-order valence-electron chi connectivity index (χ3n) is 7.72. The number of hydrogen-bond acceptors (Lipinski definition) is 5. The minimum Gasteiger partial charge on any atom is -0.367 e. The molecule has 4 heterocycles. The maximum Gasteiger partial charge on any atom is 0.417 e. The number of alkyl halides is 3. The summed E-state index contributed by atoms with van der Waals surface area (Å²) in [5, 5.41) is 13.0. The highest BCUT2D eigenvalue weighted by atomic mass is 19.4. The molecule has 0 aromatic heterocycles. The number of benzene rings is 1. The molecule has 4 aliphatic heterocycles.